The summed E-state index contributed by atoms with van der Waals surface area (Å²) in [7, 11) is 0. The normalized spacial score (nSPS) is 10.6. The number of non-ortho nitro benzene ring substituents is 1. The molecule has 2 aromatic rings. The Hall–Kier alpha value is -3.55. The molecule has 0 radical (unpaired) electrons. The Morgan fingerprint density at radius 1 is 1.14 bits per heavy atom. The van der Waals surface area contributed by atoms with Crippen LogP contribution in [0.3, 0.4) is 0 Å². The molecule has 0 aliphatic heterocycles. The standard InChI is InChI=1S/C20H20FN3O4/c1-2-23(14-19(25)22-13-16-3-8-17(21)9-4-16)20(26)12-7-15-5-10-18(11-6-15)24(27)28/h3-12H,2,13-14H2,1H3,(H,22,25). The molecule has 0 aliphatic rings. The van der Waals surface area contributed by atoms with Crippen molar-refractivity contribution in [2.45, 2.75) is 13.5 Å². The van der Waals surface area contributed by atoms with Crippen LogP contribution in [0.1, 0.15) is 18.1 Å². The van der Waals surface area contributed by atoms with Crippen molar-refractivity contribution in [1.29, 1.82) is 0 Å². The van der Waals surface area contributed by atoms with Crippen LogP contribution >= 0.6 is 0 Å². The Kier molecular flexibility index (Phi) is 7.38. The maximum absolute atomic E-state index is 12.9. The molecule has 146 valence electrons. The number of benzene rings is 2. The summed E-state index contributed by atoms with van der Waals surface area (Å²) in [5, 5.41) is 13.3. The van der Waals surface area contributed by atoms with Gasteiger partial charge < -0.3 is 10.2 Å². The number of carbonyl (C=O) groups excluding carboxylic acids is 2. The minimum absolute atomic E-state index is 0.0310. The van der Waals surface area contributed by atoms with E-state index >= 15 is 0 Å². The van der Waals surface area contributed by atoms with Crippen LogP contribution in [-0.2, 0) is 16.1 Å². The maximum Gasteiger partial charge on any atom is 0.269 e. The number of carbonyl (C=O) groups is 2. The Balaban J connectivity index is 1.88. The van der Waals surface area contributed by atoms with Crippen molar-refractivity contribution < 1.29 is 18.9 Å². The average Bonchev–Trinajstić information content (AvgIpc) is 2.70. The third-order valence-electron chi connectivity index (χ3n) is 3.95. The molecule has 2 amide bonds. The number of nitro benzene ring substituents is 1. The Labute approximate surface area is 161 Å². The average molecular weight is 385 g/mol. The van der Waals surface area contributed by atoms with E-state index < -0.39 is 4.92 Å². The minimum atomic E-state index is -0.498. The lowest BCUT2D eigenvalue weighted by atomic mass is 10.2. The van der Waals surface area contributed by atoms with Crippen molar-refractivity contribution in [1.82, 2.24) is 10.2 Å². The Morgan fingerprint density at radius 2 is 1.79 bits per heavy atom. The van der Waals surface area contributed by atoms with E-state index in [0.29, 0.717) is 12.1 Å². The lowest BCUT2D eigenvalue weighted by molar-refractivity contribution is -0.384. The quantitative estimate of drug-likeness (QED) is 0.430. The number of nitrogens with one attached hydrogen (secondary N) is 1. The van der Waals surface area contributed by atoms with Gasteiger partial charge in [0.2, 0.25) is 11.8 Å². The van der Waals surface area contributed by atoms with Gasteiger partial charge in [0.05, 0.1) is 11.5 Å². The first-order valence-electron chi connectivity index (χ1n) is 8.61. The fourth-order valence-corrected chi connectivity index (χ4v) is 2.36. The van der Waals surface area contributed by atoms with Crippen LogP contribution in [0.15, 0.2) is 54.6 Å². The van der Waals surface area contributed by atoms with Gasteiger partial charge in [-0.3, -0.25) is 19.7 Å². The predicted molar refractivity (Wildman–Crippen MR) is 103 cm³/mol. The Morgan fingerprint density at radius 3 is 2.36 bits per heavy atom. The zero-order chi connectivity index (χ0) is 20.5. The number of nitrogens with zero attached hydrogens (tertiary/aromatic N) is 2. The molecule has 2 rings (SSSR count). The lowest BCUT2D eigenvalue weighted by Gasteiger charge is -2.18. The summed E-state index contributed by atoms with van der Waals surface area (Å²) in [5.41, 5.74) is 1.36. The van der Waals surface area contributed by atoms with Crippen molar-refractivity contribution in [3.8, 4) is 0 Å². The van der Waals surface area contributed by atoms with E-state index in [-0.39, 0.29) is 36.4 Å². The van der Waals surface area contributed by atoms with Gasteiger partial charge in [-0.05, 0) is 48.4 Å². The molecule has 8 heteroatoms. The summed E-state index contributed by atoms with van der Waals surface area (Å²) in [5.74, 6) is -1.03. The number of halogens is 1. The van der Waals surface area contributed by atoms with Gasteiger partial charge in [-0.1, -0.05) is 12.1 Å². The summed E-state index contributed by atoms with van der Waals surface area (Å²) in [6, 6.07) is 11.5. The van der Waals surface area contributed by atoms with E-state index in [4.69, 9.17) is 0 Å². The summed E-state index contributed by atoms with van der Waals surface area (Å²) in [6.07, 6.45) is 2.85. The number of rotatable bonds is 8. The molecule has 0 saturated carbocycles. The van der Waals surface area contributed by atoms with E-state index in [2.05, 4.69) is 5.32 Å². The molecule has 2 aromatic carbocycles. The molecule has 0 fully saturated rings. The van der Waals surface area contributed by atoms with Crippen LogP contribution in [0.4, 0.5) is 10.1 Å². The number of nitro groups is 1. The van der Waals surface area contributed by atoms with Gasteiger partial charge in [0.25, 0.3) is 5.69 Å². The van der Waals surface area contributed by atoms with E-state index in [0.717, 1.165) is 5.56 Å². The molecule has 1 N–H and O–H groups in total. The fourth-order valence-electron chi connectivity index (χ4n) is 2.36. The highest BCUT2D eigenvalue weighted by atomic mass is 19.1. The molecule has 7 nitrogen and oxygen atoms in total. The van der Waals surface area contributed by atoms with Crippen LogP contribution in [0.25, 0.3) is 6.08 Å². The van der Waals surface area contributed by atoms with E-state index in [9.17, 15) is 24.1 Å². The second-order valence-corrected chi connectivity index (χ2v) is 5.94. The van der Waals surface area contributed by atoms with Crippen LogP contribution in [0, 0.1) is 15.9 Å². The molecular weight excluding hydrogens is 365 g/mol. The highest BCUT2D eigenvalue weighted by Crippen LogP contribution is 2.13. The zero-order valence-corrected chi connectivity index (χ0v) is 15.3. The summed E-state index contributed by atoms with van der Waals surface area (Å²) in [4.78, 5) is 35.8. The lowest BCUT2D eigenvalue weighted by Crippen LogP contribution is -2.39. The number of likely N-dealkylation sites (N-methyl/N-ethyl adjacent to an activating group) is 1. The highest BCUT2D eigenvalue weighted by Gasteiger charge is 2.13. The molecule has 0 aliphatic carbocycles. The molecule has 0 saturated heterocycles. The molecule has 0 aromatic heterocycles. The van der Waals surface area contributed by atoms with E-state index in [1.165, 1.54) is 53.5 Å². The van der Waals surface area contributed by atoms with Gasteiger partial charge in [-0.15, -0.1) is 0 Å². The number of amides is 2. The van der Waals surface area contributed by atoms with Gasteiger partial charge in [0.15, 0.2) is 0 Å². The van der Waals surface area contributed by atoms with Gasteiger partial charge >= 0.3 is 0 Å². The summed E-state index contributed by atoms with van der Waals surface area (Å²) < 4.78 is 12.9. The first-order chi connectivity index (χ1) is 13.4. The molecule has 0 unspecified atom stereocenters. The molecule has 0 spiro atoms. The fraction of sp³-hybridized carbons (Fsp3) is 0.200. The molecule has 0 bridgehead atoms. The molecular formula is C20H20FN3O4. The van der Waals surface area contributed by atoms with E-state index in [1.807, 2.05) is 0 Å². The first kappa shape index (κ1) is 20.8. The van der Waals surface area contributed by atoms with Gasteiger partial charge in [0, 0.05) is 31.3 Å². The largest absolute Gasteiger partial charge is 0.350 e. The van der Waals surface area contributed by atoms with Crippen LogP contribution in [-0.4, -0.2) is 34.7 Å². The molecule has 28 heavy (non-hydrogen) atoms. The van der Waals surface area contributed by atoms with Crippen LogP contribution in [0.5, 0.6) is 0 Å². The van der Waals surface area contributed by atoms with Crippen molar-refractivity contribution in [3.63, 3.8) is 0 Å². The smallest absolute Gasteiger partial charge is 0.269 e. The third-order valence-corrected chi connectivity index (χ3v) is 3.95. The predicted octanol–water partition coefficient (Wildman–Crippen LogP) is 2.91. The SMILES string of the molecule is CCN(CC(=O)NCc1ccc(F)cc1)C(=O)C=Cc1ccc([N+](=O)[O-])cc1. The van der Waals surface area contributed by atoms with Gasteiger partial charge in [0.1, 0.15) is 5.82 Å². The van der Waals surface area contributed by atoms with Crippen molar-refractivity contribution >= 4 is 23.6 Å². The molecule has 0 atom stereocenters. The maximum atomic E-state index is 12.9. The third kappa shape index (κ3) is 6.31. The first-order valence-corrected chi connectivity index (χ1v) is 8.61. The summed E-state index contributed by atoms with van der Waals surface area (Å²) >= 11 is 0. The van der Waals surface area contributed by atoms with Gasteiger partial charge in [-0.25, -0.2) is 4.39 Å². The minimum Gasteiger partial charge on any atom is -0.350 e. The monoisotopic (exact) mass is 385 g/mol. The van der Waals surface area contributed by atoms with E-state index in [1.54, 1.807) is 19.1 Å². The Bertz CT molecular complexity index is 864. The van der Waals surface area contributed by atoms with Crippen molar-refractivity contribution in [3.05, 3.63) is 81.7 Å². The second kappa shape index (κ2) is 9.96. The van der Waals surface area contributed by atoms with Gasteiger partial charge in [-0.2, -0.15) is 0 Å². The topological polar surface area (TPSA) is 92.6 Å². The van der Waals surface area contributed by atoms with Crippen LogP contribution < -0.4 is 5.32 Å². The number of hydrogen-bond donors (Lipinski definition) is 1. The van der Waals surface area contributed by atoms with Crippen molar-refractivity contribution in [2.75, 3.05) is 13.1 Å². The molecule has 0 heterocycles. The summed E-state index contributed by atoms with van der Waals surface area (Å²) in [6.45, 7) is 2.23. The van der Waals surface area contributed by atoms with Crippen molar-refractivity contribution in [2.24, 2.45) is 0 Å². The van der Waals surface area contributed by atoms with Crippen LogP contribution in [0.2, 0.25) is 0 Å². The zero-order valence-electron chi connectivity index (χ0n) is 15.3. The second-order valence-electron chi connectivity index (χ2n) is 5.94. The highest BCUT2D eigenvalue weighted by molar-refractivity contribution is 5.94. The number of hydrogen-bond acceptors (Lipinski definition) is 4.